The first kappa shape index (κ1) is 13.9. The van der Waals surface area contributed by atoms with Crippen LogP contribution >= 0.6 is 34.8 Å². The van der Waals surface area contributed by atoms with Gasteiger partial charge in [-0.2, -0.15) is 0 Å². The van der Waals surface area contributed by atoms with Crippen molar-refractivity contribution >= 4 is 57.8 Å². The molecule has 1 saturated heterocycles. The van der Waals surface area contributed by atoms with Crippen molar-refractivity contribution in [1.82, 2.24) is 10.6 Å². The van der Waals surface area contributed by atoms with E-state index in [0.29, 0.717) is 0 Å². The summed E-state index contributed by atoms with van der Waals surface area (Å²) in [6.07, 6.45) is 1.51. The Labute approximate surface area is 128 Å². The van der Waals surface area contributed by atoms with Gasteiger partial charge < -0.3 is 4.74 Å². The number of carbonyl (C=O) groups is 2. The lowest BCUT2D eigenvalue weighted by molar-refractivity contribution is -0.123. The molecule has 7 heteroatoms. The molecule has 0 aromatic heterocycles. The molecule has 1 aromatic rings. The summed E-state index contributed by atoms with van der Waals surface area (Å²) in [6, 6.07) is 5.36. The van der Waals surface area contributed by atoms with Gasteiger partial charge in [0.25, 0.3) is 11.8 Å². The minimum atomic E-state index is -0.500. The molecule has 1 aliphatic heterocycles. The maximum atomic E-state index is 11.7. The summed E-state index contributed by atoms with van der Waals surface area (Å²) < 4.78 is 6.03. The maximum absolute atomic E-state index is 11.7. The maximum Gasteiger partial charge on any atom is 0.263 e. The van der Waals surface area contributed by atoms with Gasteiger partial charge in [0.1, 0.15) is 11.3 Å². The first-order chi connectivity index (χ1) is 9.01. The zero-order valence-corrected chi connectivity index (χ0v) is 12.8. The van der Waals surface area contributed by atoms with Crippen molar-refractivity contribution in [3.8, 4) is 5.75 Å². The molecule has 0 atom stereocenters. The SMILES string of the molecule is COc1ccc(C=C2C(=O)NC(=S)NC2=O)cc1I. The van der Waals surface area contributed by atoms with E-state index in [1.54, 1.807) is 19.2 Å². The number of carbonyl (C=O) groups excluding carboxylic acids is 2. The Bertz CT molecular complexity index is 591. The highest BCUT2D eigenvalue weighted by atomic mass is 127. The monoisotopic (exact) mass is 388 g/mol. The molecule has 2 N–H and O–H groups in total. The average molecular weight is 388 g/mol. The molecule has 0 bridgehead atoms. The second kappa shape index (κ2) is 5.66. The van der Waals surface area contributed by atoms with Gasteiger partial charge in [-0.1, -0.05) is 6.07 Å². The molecule has 0 unspecified atom stereocenters. The Morgan fingerprint density at radius 1 is 1.26 bits per heavy atom. The summed E-state index contributed by atoms with van der Waals surface area (Å²) in [7, 11) is 1.58. The number of benzene rings is 1. The minimum Gasteiger partial charge on any atom is -0.496 e. The normalized spacial score (nSPS) is 14.8. The first-order valence-electron chi connectivity index (χ1n) is 5.23. The van der Waals surface area contributed by atoms with Gasteiger partial charge in [0.15, 0.2) is 5.11 Å². The molecule has 1 aromatic carbocycles. The molecule has 19 heavy (non-hydrogen) atoms. The van der Waals surface area contributed by atoms with Crippen molar-refractivity contribution in [1.29, 1.82) is 0 Å². The van der Waals surface area contributed by atoms with Crippen LogP contribution in [0.4, 0.5) is 0 Å². The van der Waals surface area contributed by atoms with Crippen molar-refractivity contribution in [2.24, 2.45) is 0 Å². The molecule has 0 spiro atoms. The third-order valence-electron chi connectivity index (χ3n) is 2.43. The van der Waals surface area contributed by atoms with Crippen LogP contribution in [0.5, 0.6) is 5.75 Å². The average Bonchev–Trinajstić information content (AvgIpc) is 2.34. The predicted molar refractivity (Wildman–Crippen MR) is 82.6 cm³/mol. The van der Waals surface area contributed by atoms with E-state index in [4.69, 9.17) is 17.0 Å². The van der Waals surface area contributed by atoms with E-state index >= 15 is 0 Å². The van der Waals surface area contributed by atoms with Crippen LogP contribution in [0.25, 0.3) is 6.08 Å². The Morgan fingerprint density at radius 3 is 2.42 bits per heavy atom. The van der Waals surface area contributed by atoms with E-state index in [1.165, 1.54) is 6.08 Å². The van der Waals surface area contributed by atoms with Crippen molar-refractivity contribution in [2.75, 3.05) is 7.11 Å². The number of ether oxygens (including phenoxy) is 1. The van der Waals surface area contributed by atoms with E-state index in [9.17, 15) is 9.59 Å². The van der Waals surface area contributed by atoms with Crippen LogP contribution in [-0.4, -0.2) is 24.0 Å². The number of methoxy groups -OCH3 is 1. The van der Waals surface area contributed by atoms with Gasteiger partial charge in [0, 0.05) is 0 Å². The second-order valence-electron chi connectivity index (χ2n) is 3.69. The standard InChI is InChI=1S/C12H9IN2O3S/c1-18-9-3-2-6(5-8(9)13)4-7-10(16)14-12(19)15-11(7)17/h2-5H,1H3,(H2,14,15,16,17,19). The lowest BCUT2D eigenvalue weighted by Crippen LogP contribution is -2.51. The Balaban J connectivity index is 2.35. The zero-order chi connectivity index (χ0) is 14.0. The summed E-state index contributed by atoms with van der Waals surface area (Å²) >= 11 is 6.84. The highest BCUT2D eigenvalue weighted by Crippen LogP contribution is 2.23. The Morgan fingerprint density at radius 2 is 1.89 bits per heavy atom. The van der Waals surface area contributed by atoms with Gasteiger partial charge in [-0.15, -0.1) is 0 Å². The van der Waals surface area contributed by atoms with Crippen molar-refractivity contribution in [3.63, 3.8) is 0 Å². The van der Waals surface area contributed by atoms with Crippen molar-refractivity contribution in [3.05, 3.63) is 32.9 Å². The van der Waals surface area contributed by atoms with Gasteiger partial charge >= 0.3 is 0 Å². The van der Waals surface area contributed by atoms with Gasteiger partial charge in [-0.05, 0) is 58.6 Å². The number of hydrogen-bond acceptors (Lipinski definition) is 4. The second-order valence-corrected chi connectivity index (χ2v) is 5.26. The highest BCUT2D eigenvalue weighted by Gasteiger charge is 2.25. The molecular formula is C12H9IN2O3S. The fourth-order valence-electron chi connectivity index (χ4n) is 1.55. The van der Waals surface area contributed by atoms with Gasteiger partial charge in [0.05, 0.1) is 10.7 Å². The van der Waals surface area contributed by atoms with Crippen LogP contribution in [0.3, 0.4) is 0 Å². The molecule has 0 aliphatic carbocycles. The molecule has 1 fully saturated rings. The molecule has 2 rings (SSSR count). The van der Waals surface area contributed by atoms with E-state index < -0.39 is 11.8 Å². The van der Waals surface area contributed by atoms with Crippen molar-refractivity contribution < 1.29 is 14.3 Å². The minimum absolute atomic E-state index is 0.0227. The van der Waals surface area contributed by atoms with Crippen LogP contribution in [0.15, 0.2) is 23.8 Å². The Hall–Kier alpha value is -1.48. The summed E-state index contributed by atoms with van der Waals surface area (Å²) in [6.45, 7) is 0. The number of halogens is 1. The summed E-state index contributed by atoms with van der Waals surface area (Å²) in [5.74, 6) is -0.263. The van der Waals surface area contributed by atoms with Gasteiger partial charge in [-0.3, -0.25) is 20.2 Å². The van der Waals surface area contributed by atoms with E-state index in [-0.39, 0.29) is 10.7 Å². The molecule has 0 radical (unpaired) electrons. The van der Waals surface area contributed by atoms with Crippen LogP contribution < -0.4 is 15.4 Å². The van der Waals surface area contributed by atoms with Crippen molar-refractivity contribution in [2.45, 2.75) is 0 Å². The largest absolute Gasteiger partial charge is 0.496 e. The van der Waals surface area contributed by atoms with Crippen LogP contribution in [0.2, 0.25) is 0 Å². The molecule has 98 valence electrons. The number of amides is 2. The summed E-state index contributed by atoms with van der Waals surface area (Å²) in [5.41, 5.74) is 0.757. The van der Waals surface area contributed by atoms with Gasteiger partial charge in [0.2, 0.25) is 0 Å². The molecule has 1 aliphatic rings. The number of thiocarbonyl (C=S) groups is 1. The van der Waals surface area contributed by atoms with Crippen LogP contribution in [0, 0.1) is 3.57 Å². The van der Waals surface area contributed by atoms with Crippen LogP contribution in [0.1, 0.15) is 5.56 Å². The quantitative estimate of drug-likeness (QED) is 0.346. The topological polar surface area (TPSA) is 67.4 Å². The zero-order valence-electron chi connectivity index (χ0n) is 9.82. The smallest absolute Gasteiger partial charge is 0.263 e. The summed E-state index contributed by atoms with van der Waals surface area (Å²) in [5, 5.41) is 4.79. The lowest BCUT2D eigenvalue weighted by Gasteiger charge is -2.16. The number of rotatable bonds is 2. The first-order valence-corrected chi connectivity index (χ1v) is 6.72. The number of hydrogen-bond donors (Lipinski definition) is 2. The van der Waals surface area contributed by atoms with E-state index in [2.05, 4.69) is 33.2 Å². The van der Waals surface area contributed by atoms with Gasteiger partial charge in [-0.25, -0.2) is 0 Å². The van der Waals surface area contributed by atoms with E-state index in [0.717, 1.165) is 14.9 Å². The lowest BCUT2D eigenvalue weighted by atomic mass is 10.1. The summed E-state index contributed by atoms with van der Waals surface area (Å²) in [4.78, 5) is 23.3. The predicted octanol–water partition coefficient (Wildman–Crippen LogP) is 1.21. The molecular weight excluding hydrogens is 379 g/mol. The third-order valence-corrected chi connectivity index (χ3v) is 3.48. The molecule has 1 heterocycles. The highest BCUT2D eigenvalue weighted by molar-refractivity contribution is 14.1. The molecule has 5 nitrogen and oxygen atoms in total. The number of nitrogens with one attached hydrogen (secondary N) is 2. The Kier molecular flexibility index (Phi) is 4.15. The molecule has 2 amide bonds. The fraction of sp³-hybridized carbons (Fsp3) is 0.0833. The third kappa shape index (κ3) is 3.10. The fourth-order valence-corrected chi connectivity index (χ4v) is 2.49. The van der Waals surface area contributed by atoms with Crippen LogP contribution in [-0.2, 0) is 9.59 Å². The molecule has 0 saturated carbocycles. The van der Waals surface area contributed by atoms with E-state index in [1.807, 2.05) is 6.07 Å².